The number of amides is 1. The van der Waals surface area contributed by atoms with Crippen molar-refractivity contribution >= 4 is 29.0 Å². The van der Waals surface area contributed by atoms with E-state index in [0.29, 0.717) is 12.3 Å². The molecular formula is C23H27FN4OS2. The van der Waals surface area contributed by atoms with E-state index in [0.717, 1.165) is 49.4 Å². The van der Waals surface area contributed by atoms with E-state index < -0.39 is 0 Å². The Hall–Kier alpha value is -2.19. The standard InChI is InChI=1S/C23H27FN4OS2/c24-19-10-8-18(9-11-19)15-28(20-5-2-1-3-6-20)22(29)16-31-23-26-25-17-27(23)13-12-21-7-4-14-30-21/h4,7-11,14,17,20H,1-3,5-6,12-13,15-16H2. The summed E-state index contributed by atoms with van der Waals surface area (Å²) in [5.41, 5.74) is 0.962. The predicted molar refractivity (Wildman–Crippen MR) is 123 cm³/mol. The minimum absolute atomic E-state index is 0.106. The average Bonchev–Trinajstić information content (AvgIpc) is 3.48. The summed E-state index contributed by atoms with van der Waals surface area (Å²) in [4.78, 5) is 16.6. The first-order valence-corrected chi connectivity index (χ1v) is 12.6. The fourth-order valence-electron chi connectivity index (χ4n) is 4.00. The molecule has 8 heteroatoms. The summed E-state index contributed by atoms with van der Waals surface area (Å²) in [6.07, 6.45) is 8.28. The Bertz CT molecular complexity index is 952. The molecule has 2 heterocycles. The minimum atomic E-state index is -0.253. The molecule has 31 heavy (non-hydrogen) atoms. The highest BCUT2D eigenvalue weighted by Crippen LogP contribution is 2.26. The van der Waals surface area contributed by atoms with Gasteiger partial charge in [-0.2, -0.15) is 0 Å². The third kappa shape index (κ3) is 6.17. The zero-order chi connectivity index (χ0) is 21.5. The van der Waals surface area contributed by atoms with Gasteiger partial charge < -0.3 is 9.47 Å². The third-order valence-electron chi connectivity index (χ3n) is 5.69. The van der Waals surface area contributed by atoms with Gasteiger partial charge in [-0.25, -0.2) is 4.39 Å². The van der Waals surface area contributed by atoms with Crippen LogP contribution in [0, 0.1) is 5.82 Å². The Morgan fingerprint density at radius 1 is 1.19 bits per heavy atom. The number of benzene rings is 1. The topological polar surface area (TPSA) is 51.0 Å². The van der Waals surface area contributed by atoms with Crippen molar-refractivity contribution in [3.8, 4) is 0 Å². The number of aromatic nitrogens is 3. The zero-order valence-electron chi connectivity index (χ0n) is 17.5. The summed E-state index contributed by atoms with van der Waals surface area (Å²) in [7, 11) is 0. The second-order valence-electron chi connectivity index (χ2n) is 7.86. The SMILES string of the molecule is O=C(CSc1nncn1CCc1cccs1)N(Cc1ccc(F)cc1)C1CCCCC1. The second kappa shape index (κ2) is 10.9. The van der Waals surface area contributed by atoms with Gasteiger partial charge in [0.2, 0.25) is 5.91 Å². The fraction of sp³-hybridized carbons (Fsp3) is 0.435. The number of hydrogen-bond acceptors (Lipinski definition) is 5. The highest BCUT2D eigenvalue weighted by Gasteiger charge is 2.26. The van der Waals surface area contributed by atoms with E-state index in [-0.39, 0.29) is 17.8 Å². The number of carbonyl (C=O) groups excluding carboxylic acids is 1. The molecule has 0 atom stereocenters. The number of halogens is 1. The normalized spacial score (nSPS) is 14.6. The Balaban J connectivity index is 1.39. The van der Waals surface area contributed by atoms with Crippen LogP contribution in [0.5, 0.6) is 0 Å². The number of carbonyl (C=O) groups is 1. The first-order valence-electron chi connectivity index (χ1n) is 10.8. The lowest BCUT2D eigenvalue weighted by atomic mass is 9.94. The second-order valence-corrected chi connectivity index (χ2v) is 9.84. The summed E-state index contributed by atoms with van der Waals surface area (Å²) in [5, 5.41) is 11.1. The number of thiophene rings is 1. The molecule has 1 fully saturated rings. The first-order chi connectivity index (χ1) is 15.2. The van der Waals surface area contributed by atoms with Crippen molar-refractivity contribution in [2.45, 2.75) is 62.8 Å². The Morgan fingerprint density at radius 3 is 2.74 bits per heavy atom. The molecule has 0 bridgehead atoms. The number of aryl methyl sites for hydroxylation is 2. The lowest BCUT2D eigenvalue weighted by Crippen LogP contribution is -2.42. The molecule has 0 radical (unpaired) electrons. The lowest BCUT2D eigenvalue weighted by molar-refractivity contribution is -0.132. The van der Waals surface area contributed by atoms with E-state index in [1.54, 1.807) is 29.8 Å². The molecule has 0 saturated heterocycles. The number of hydrogen-bond donors (Lipinski definition) is 0. The van der Waals surface area contributed by atoms with Gasteiger partial charge in [0, 0.05) is 24.0 Å². The van der Waals surface area contributed by atoms with Gasteiger partial charge in [-0.3, -0.25) is 4.79 Å². The smallest absolute Gasteiger partial charge is 0.233 e. The minimum Gasteiger partial charge on any atom is -0.335 e. The highest BCUT2D eigenvalue weighted by atomic mass is 32.2. The summed E-state index contributed by atoms with van der Waals surface area (Å²) in [6.45, 7) is 1.32. The van der Waals surface area contributed by atoms with Crippen molar-refractivity contribution in [1.29, 1.82) is 0 Å². The van der Waals surface area contributed by atoms with Gasteiger partial charge in [0.1, 0.15) is 12.1 Å². The molecule has 1 saturated carbocycles. The first kappa shape index (κ1) is 22.0. The predicted octanol–water partition coefficient (Wildman–Crippen LogP) is 5.18. The van der Waals surface area contributed by atoms with Crippen LogP contribution >= 0.6 is 23.1 Å². The molecule has 1 aliphatic rings. The van der Waals surface area contributed by atoms with Gasteiger partial charge >= 0.3 is 0 Å². The third-order valence-corrected chi connectivity index (χ3v) is 7.59. The van der Waals surface area contributed by atoms with Crippen molar-refractivity contribution in [3.63, 3.8) is 0 Å². The van der Waals surface area contributed by atoms with Gasteiger partial charge in [0.25, 0.3) is 0 Å². The Morgan fingerprint density at radius 2 is 2.00 bits per heavy atom. The van der Waals surface area contributed by atoms with Crippen molar-refractivity contribution in [2.24, 2.45) is 0 Å². The van der Waals surface area contributed by atoms with E-state index in [1.807, 2.05) is 9.47 Å². The lowest BCUT2D eigenvalue weighted by Gasteiger charge is -2.34. The summed E-state index contributed by atoms with van der Waals surface area (Å²) in [5.74, 6) is 0.181. The van der Waals surface area contributed by atoms with Crippen LogP contribution in [0.3, 0.4) is 0 Å². The van der Waals surface area contributed by atoms with Gasteiger partial charge in [0.15, 0.2) is 5.16 Å². The van der Waals surface area contributed by atoms with E-state index >= 15 is 0 Å². The van der Waals surface area contributed by atoms with Crippen molar-refractivity contribution in [2.75, 3.05) is 5.75 Å². The van der Waals surface area contributed by atoms with Crippen molar-refractivity contribution < 1.29 is 9.18 Å². The zero-order valence-corrected chi connectivity index (χ0v) is 19.1. The molecule has 2 aromatic heterocycles. The number of rotatable bonds is 9. The number of thioether (sulfide) groups is 1. The molecular weight excluding hydrogens is 431 g/mol. The molecule has 5 nitrogen and oxygen atoms in total. The maximum atomic E-state index is 13.3. The van der Waals surface area contributed by atoms with Crippen LogP contribution in [-0.2, 0) is 24.3 Å². The van der Waals surface area contributed by atoms with Gasteiger partial charge in [0.05, 0.1) is 5.75 Å². The summed E-state index contributed by atoms with van der Waals surface area (Å²) >= 11 is 3.19. The van der Waals surface area contributed by atoms with E-state index in [9.17, 15) is 9.18 Å². The van der Waals surface area contributed by atoms with Gasteiger partial charge in [-0.15, -0.1) is 21.5 Å². The fourth-order valence-corrected chi connectivity index (χ4v) is 5.53. The maximum Gasteiger partial charge on any atom is 0.233 e. The monoisotopic (exact) mass is 458 g/mol. The molecule has 0 unspecified atom stereocenters. The Kier molecular flexibility index (Phi) is 7.75. The molecule has 1 aliphatic carbocycles. The van der Waals surface area contributed by atoms with Crippen molar-refractivity contribution in [1.82, 2.24) is 19.7 Å². The molecule has 164 valence electrons. The van der Waals surface area contributed by atoms with Crippen LogP contribution in [0.1, 0.15) is 42.5 Å². The van der Waals surface area contributed by atoms with E-state index in [1.165, 1.54) is 35.2 Å². The van der Waals surface area contributed by atoms with Gasteiger partial charge in [-0.1, -0.05) is 49.2 Å². The molecule has 3 aromatic rings. The maximum absolute atomic E-state index is 13.3. The summed E-state index contributed by atoms with van der Waals surface area (Å²) < 4.78 is 15.3. The molecule has 0 spiro atoms. The molecule has 1 aromatic carbocycles. The van der Waals surface area contributed by atoms with Crippen LogP contribution in [-0.4, -0.2) is 37.4 Å². The van der Waals surface area contributed by atoms with Crippen LogP contribution in [0.25, 0.3) is 0 Å². The van der Waals surface area contributed by atoms with Crippen LogP contribution in [0.4, 0.5) is 4.39 Å². The quantitative estimate of drug-likeness (QED) is 0.415. The van der Waals surface area contributed by atoms with Crippen molar-refractivity contribution in [3.05, 3.63) is 64.4 Å². The summed E-state index contributed by atoms with van der Waals surface area (Å²) in [6, 6.07) is 10.9. The molecule has 0 aliphatic heterocycles. The highest BCUT2D eigenvalue weighted by molar-refractivity contribution is 7.99. The van der Waals surface area contributed by atoms with Crippen LogP contribution in [0.2, 0.25) is 0 Å². The molecule has 1 amide bonds. The van der Waals surface area contributed by atoms with Crippen LogP contribution < -0.4 is 0 Å². The van der Waals surface area contributed by atoms with Gasteiger partial charge in [-0.05, 0) is 48.4 Å². The molecule has 4 rings (SSSR count). The average molecular weight is 459 g/mol. The van der Waals surface area contributed by atoms with E-state index in [4.69, 9.17) is 0 Å². The number of nitrogens with zero attached hydrogens (tertiary/aromatic N) is 4. The van der Waals surface area contributed by atoms with E-state index in [2.05, 4.69) is 27.7 Å². The van der Waals surface area contributed by atoms with Crippen LogP contribution in [0.15, 0.2) is 53.3 Å². The largest absolute Gasteiger partial charge is 0.335 e. The Labute approximate surface area is 190 Å². The molecule has 0 N–H and O–H groups in total.